The minimum Gasteiger partial charge on any atom is -0.507 e. The van der Waals surface area contributed by atoms with Gasteiger partial charge in [0.25, 0.3) is 0 Å². The van der Waals surface area contributed by atoms with Gasteiger partial charge in [-0.25, -0.2) is 4.79 Å². The topological polar surface area (TPSA) is 57.5 Å². The molecule has 0 atom stereocenters. The Morgan fingerprint density at radius 2 is 1.63 bits per heavy atom. The van der Waals surface area contributed by atoms with Gasteiger partial charge in [0, 0.05) is 5.41 Å². The molecule has 0 fully saturated rings. The molecule has 98 valence electrons. The lowest BCUT2D eigenvalue weighted by molar-refractivity contribution is 0.0693. The van der Waals surface area contributed by atoms with Gasteiger partial charge in [0.15, 0.2) is 0 Å². The van der Waals surface area contributed by atoms with Crippen molar-refractivity contribution in [3.63, 3.8) is 0 Å². The summed E-state index contributed by atoms with van der Waals surface area (Å²) in [6.45, 7) is 4.06. The Labute approximate surface area is 112 Å². The van der Waals surface area contributed by atoms with Crippen molar-refractivity contribution < 1.29 is 15.0 Å². The van der Waals surface area contributed by atoms with E-state index in [-0.39, 0.29) is 16.7 Å². The van der Waals surface area contributed by atoms with E-state index < -0.39 is 5.97 Å². The second kappa shape index (κ2) is 4.76. The average Bonchev–Trinajstić information content (AvgIpc) is 2.39. The minimum absolute atomic E-state index is 0.0680. The number of rotatable bonds is 3. The van der Waals surface area contributed by atoms with Crippen LogP contribution in [-0.2, 0) is 5.41 Å². The molecule has 0 aliphatic carbocycles. The number of hydrogen-bond acceptors (Lipinski definition) is 2. The predicted molar refractivity (Wildman–Crippen MR) is 73.6 cm³/mol. The standard InChI is InChI=1S/C16H16O3/c1-16(2,11-6-4-3-5-7-11)12-8-9-14(17)13(10-12)15(18)19/h3-10,17H,1-2H3,(H,18,19). The first-order valence-electron chi connectivity index (χ1n) is 6.05. The maximum Gasteiger partial charge on any atom is 0.339 e. The summed E-state index contributed by atoms with van der Waals surface area (Å²) in [4.78, 5) is 11.1. The Hall–Kier alpha value is -2.29. The molecule has 2 aromatic rings. The third-order valence-corrected chi connectivity index (χ3v) is 3.44. The fraction of sp³-hybridized carbons (Fsp3) is 0.188. The summed E-state index contributed by atoms with van der Waals surface area (Å²) in [5.74, 6) is -1.33. The van der Waals surface area contributed by atoms with Crippen molar-refractivity contribution in [3.05, 3.63) is 65.2 Å². The molecule has 0 spiro atoms. The van der Waals surface area contributed by atoms with Crippen LogP contribution < -0.4 is 0 Å². The molecule has 2 N–H and O–H groups in total. The van der Waals surface area contributed by atoms with Crippen molar-refractivity contribution in [2.75, 3.05) is 0 Å². The third kappa shape index (κ3) is 2.45. The van der Waals surface area contributed by atoms with Crippen LogP contribution in [0.2, 0.25) is 0 Å². The number of benzene rings is 2. The normalized spacial score (nSPS) is 11.3. The molecule has 0 radical (unpaired) electrons. The van der Waals surface area contributed by atoms with Crippen molar-refractivity contribution in [2.45, 2.75) is 19.3 Å². The molecular formula is C16H16O3. The van der Waals surface area contributed by atoms with E-state index in [1.54, 1.807) is 6.07 Å². The average molecular weight is 256 g/mol. The number of aromatic hydroxyl groups is 1. The van der Waals surface area contributed by atoms with E-state index in [1.165, 1.54) is 12.1 Å². The van der Waals surface area contributed by atoms with E-state index >= 15 is 0 Å². The molecule has 0 saturated heterocycles. The Morgan fingerprint density at radius 3 is 2.21 bits per heavy atom. The lowest BCUT2D eigenvalue weighted by Gasteiger charge is -2.26. The van der Waals surface area contributed by atoms with Crippen LogP contribution in [0.25, 0.3) is 0 Å². The monoisotopic (exact) mass is 256 g/mol. The number of aromatic carboxylic acids is 1. The molecule has 0 saturated carbocycles. The second-order valence-electron chi connectivity index (χ2n) is 5.03. The number of carbonyl (C=O) groups is 1. The van der Waals surface area contributed by atoms with Crippen LogP contribution in [-0.4, -0.2) is 16.2 Å². The van der Waals surface area contributed by atoms with Crippen molar-refractivity contribution >= 4 is 5.97 Å². The predicted octanol–water partition coefficient (Wildman–Crippen LogP) is 3.42. The molecule has 0 aliphatic rings. The number of phenols is 1. The van der Waals surface area contributed by atoms with Gasteiger partial charge in [0.05, 0.1) is 0 Å². The minimum atomic E-state index is -1.12. The summed E-state index contributed by atoms with van der Waals surface area (Å²) < 4.78 is 0. The Bertz CT molecular complexity index is 601. The summed E-state index contributed by atoms with van der Waals surface area (Å²) in [5.41, 5.74) is 1.56. The van der Waals surface area contributed by atoms with Crippen LogP contribution >= 0.6 is 0 Å². The lowest BCUT2D eigenvalue weighted by atomic mass is 9.77. The van der Waals surface area contributed by atoms with Gasteiger partial charge >= 0.3 is 5.97 Å². The highest BCUT2D eigenvalue weighted by Gasteiger charge is 2.24. The first-order valence-corrected chi connectivity index (χ1v) is 6.05. The Kier molecular flexibility index (Phi) is 3.30. The highest BCUT2D eigenvalue weighted by molar-refractivity contribution is 5.91. The van der Waals surface area contributed by atoms with E-state index in [1.807, 2.05) is 44.2 Å². The maximum absolute atomic E-state index is 11.1. The van der Waals surface area contributed by atoms with E-state index in [2.05, 4.69) is 0 Å². The van der Waals surface area contributed by atoms with E-state index in [9.17, 15) is 9.90 Å². The molecule has 0 amide bonds. The van der Waals surface area contributed by atoms with Gasteiger partial charge in [-0.1, -0.05) is 50.2 Å². The van der Waals surface area contributed by atoms with Gasteiger partial charge in [-0.2, -0.15) is 0 Å². The largest absolute Gasteiger partial charge is 0.507 e. The van der Waals surface area contributed by atoms with Crippen LogP contribution in [0.1, 0.15) is 35.3 Å². The molecule has 0 unspecified atom stereocenters. The van der Waals surface area contributed by atoms with Crippen molar-refractivity contribution in [1.29, 1.82) is 0 Å². The third-order valence-electron chi connectivity index (χ3n) is 3.44. The first-order chi connectivity index (χ1) is 8.93. The SMILES string of the molecule is CC(C)(c1ccccc1)c1ccc(O)c(C(=O)O)c1. The van der Waals surface area contributed by atoms with E-state index in [4.69, 9.17) is 5.11 Å². The smallest absolute Gasteiger partial charge is 0.339 e. The van der Waals surface area contributed by atoms with Crippen molar-refractivity contribution in [2.24, 2.45) is 0 Å². The zero-order valence-corrected chi connectivity index (χ0v) is 10.9. The molecule has 2 rings (SSSR count). The summed E-state index contributed by atoms with van der Waals surface area (Å²) in [6, 6.07) is 14.6. The molecule has 0 heterocycles. The Morgan fingerprint density at radius 1 is 1.00 bits per heavy atom. The quantitative estimate of drug-likeness (QED) is 0.884. The fourth-order valence-electron chi connectivity index (χ4n) is 2.12. The molecule has 0 bridgehead atoms. The fourth-order valence-corrected chi connectivity index (χ4v) is 2.12. The van der Waals surface area contributed by atoms with Gasteiger partial charge in [-0.15, -0.1) is 0 Å². The van der Waals surface area contributed by atoms with Crippen molar-refractivity contribution in [3.8, 4) is 5.75 Å². The summed E-state index contributed by atoms with van der Waals surface area (Å²) in [7, 11) is 0. The van der Waals surface area contributed by atoms with Crippen LogP contribution in [0.3, 0.4) is 0 Å². The van der Waals surface area contributed by atoms with Crippen LogP contribution in [0.15, 0.2) is 48.5 Å². The first kappa shape index (κ1) is 13.1. The van der Waals surface area contributed by atoms with Gasteiger partial charge in [-0.05, 0) is 23.3 Å². The Balaban J connectivity index is 2.53. The molecule has 3 heteroatoms. The van der Waals surface area contributed by atoms with Gasteiger partial charge in [0.1, 0.15) is 11.3 Å². The molecule has 0 aliphatic heterocycles. The number of carboxylic acids is 1. The summed E-state index contributed by atoms with van der Waals surface area (Å²) in [6.07, 6.45) is 0. The molecular weight excluding hydrogens is 240 g/mol. The summed E-state index contributed by atoms with van der Waals surface area (Å²) in [5, 5.41) is 18.6. The van der Waals surface area contributed by atoms with Crippen LogP contribution in [0.5, 0.6) is 5.75 Å². The van der Waals surface area contributed by atoms with Gasteiger partial charge < -0.3 is 10.2 Å². The maximum atomic E-state index is 11.1. The molecule has 19 heavy (non-hydrogen) atoms. The lowest BCUT2D eigenvalue weighted by Crippen LogP contribution is -2.19. The molecule has 0 aromatic heterocycles. The van der Waals surface area contributed by atoms with E-state index in [0.717, 1.165) is 11.1 Å². The zero-order valence-electron chi connectivity index (χ0n) is 10.9. The number of carboxylic acid groups (broad SMARTS) is 1. The van der Waals surface area contributed by atoms with Crippen LogP contribution in [0, 0.1) is 0 Å². The van der Waals surface area contributed by atoms with Crippen LogP contribution in [0.4, 0.5) is 0 Å². The second-order valence-corrected chi connectivity index (χ2v) is 5.03. The van der Waals surface area contributed by atoms with E-state index in [0.29, 0.717) is 0 Å². The highest BCUT2D eigenvalue weighted by Crippen LogP contribution is 2.33. The van der Waals surface area contributed by atoms with Gasteiger partial charge in [0.2, 0.25) is 0 Å². The number of hydrogen-bond donors (Lipinski definition) is 2. The molecule has 2 aromatic carbocycles. The molecule has 3 nitrogen and oxygen atoms in total. The van der Waals surface area contributed by atoms with Gasteiger partial charge in [-0.3, -0.25) is 0 Å². The highest BCUT2D eigenvalue weighted by atomic mass is 16.4. The summed E-state index contributed by atoms with van der Waals surface area (Å²) >= 11 is 0. The van der Waals surface area contributed by atoms with Crippen molar-refractivity contribution in [1.82, 2.24) is 0 Å². The zero-order chi connectivity index (χ0) is 14.0.